The van der Waals surface area contributed by atoms with E-state index in [1.54, 1.807) is 0 Å². The summed E-state index contributed by atoms with van der Waals surface area (Å²) in [6, 6.07) is 34.5. The Morgan fingerprint density at radius 1 is 0.743 bits per heavy atom. The fraction of sp³-hybridized carbons (Fsp3) is 0.312. The molecule has 3 heteroatoms. The van der Waals surface area contributed by atoms with Gasteiger partial charge in [-0.05, 0) is 77.9 Å². The van der Waals surface area contributed by atoms with Crippen LogP contribution in [0.15, 0.2) is 97.1 Å². The van der Waals surface area contributed by atoms with Crippen molar-refractivity contribution in [2.45, 2.75) is 44.3 Å². The normalized spacial score (nSPS) is 17.9. The smallest absolute Gasteiger partial charge is 0.119 e. The topological polar surface area (TPSA) is 30.5 Å². The van der Waals surface area contributed by atoms with E-state index < -0.39 is 0 Å². The maximum Gasteiger partial charge on any atom is 0.119 e. The van der Waals surface area contributed by atoms with Crippen molar-refractivity contribution in [3.05, 3.63) is 114 Å². The Morgan fingerprint density at radius 3 is 2.40 bits per heavy atom. The molecule has 2 unspecified atom stereocenters. The highest BCUT2D eigenvalue weighted by Crippen LogP contribution is 2.30. The van der Waals surface area contributed by atoms with Gasteiger partial charge in [-0.2, -0.15) is 0 Å². The summed E-state index contributed by atoms with van der Waals surface area (Å²) >= 11 is 0. The Morgan fingerprint density at radius 2 is 1.54 bits per heavy atom. The molecule has 0 radical (unpaired) electrons. The Balaban J connectivity index is 1.12. The molecule has 0 aromatic heterocycles. The number of benzene rings is 4. The highest BCUT2D eigenvalue weighted by molar-refractivity contribution is 5.82. The van der Waals surface area contributed by atoms with Crippen molar-refractivity contribution < 1.29 is 9.47 Å². The summed E-state index contributed by atoms with van der Waals surface area (Å²) in [5, 5.41) is 6.05. The van der Waals surface area contributed by atoms with Crippen molar-refractivity contribution in [2.24, 2.45) is 0 Å². The zero-order valence-electron chi connectivity index (χ0n) is 20.4. The fourth-order valence-electron chi connectivity index (χ4n) is 5.00. The summed E-state index contributed by atoms with van der Waals surface area (Å²) in [5.74, 6) is 1.35. The number of piperidine rings is 1. The van der Waals surface area contributed by atoms with Gasteiger partial charge < -0.3 is 14.8 Å². The summed E-state index contributed by atoms with van der Waals surface area (Å²) < 4.78 is 12.5. The van der Waals surface area contributed by atoms with Gasteiger partial charge in [0.05, 0.1) is 19.3 Å². The summed E-state index contributed by atoms with van der Waals surface area (Å²) in [4.78, 5) is 0. The summed E-state index contributed by atoms with van der Waals surface area (Å²) in [6.45, 7) is 3.31. The lowest BCUT2D eigenvalue weighted by Gasteiger charge is -2.32. The van der Waals surface area contributed by atoms with E-state index in [1.807, 2.05) is 0 Å². The standard InChI is InChI=1S/C32H35NO2/c1-2-8-25(9-3-1)10-6-7-21-34-30-17-15-28(16-18-30)31-19-20-33-23-32(31)35-24-26-13-14-27-11-4-5-12-29(27)22-26/h1-5,8-9,11-18,22,31-33H,6-7,10,19-21,23-24H2. The lowest BCUT2D eigenvalue weighted by atomic mass is 9.87. The zero-order chi connectivity index (χ0) is 23.7. The molecule has 1 fully saturated rings. The highest BCUT2D eigenvalue weighted by Gasteiger charge is 2.27. The van der Waals surface area contributed by atoms with Crippen LogP contribution in [0.2, 0.25) is 0 Å². The van der Waals surface area contributed by atoms with Gasteiger partial charge in [0.25, 0.3) is 0 Å². The highest BCUT2D eigenvalue weighted by atomic mass is 16.5. The van der Waals surface area contributed by atoms with Gasteiger partial charge in [-0.15, -0.1) is 0 Å². The molecule has 1 N–H and O–H groups in total. The van der Waals surface area contributed by atoms with Gasteiger partial charge in [0.15, 0.2) is 0 Å². The summed E-state index contributed by atoms with van der Waals surface area (Å²) in [5.41, 5.74) is 3.96. The molecule has 0 aliphatic carbocycles. The van der Waals surface area contributed by atoms with Crippen molar-refractivity contribution >= 4 is 10.8 Å². The first-order valence-electron chi connectivity index (χ1n) is 12.9. The molecule has 0 amide bonds. The van der Waals surface area contributed by atoms with Crippen LogP contribution in [0.3, 0.4) is 0 Å². The maximum atomic E-state index is 6.45. The minimum Gasteiger partial charge on any atom is -0.494 e. The van der Waals surface area contributed by atoms with Crippen molar-refractivity contribution in [1.29, 1.82) is 0 Å². The maximum absolute atomic E-state index is 6.45. The molecular weight excluding hydrogens is 430 g/mol. The van der Waals surface area contributed by atoms with Crippen LogP contribution in [0, 0.1) is 0 Å². The largest absolute Gasteiger partial charge is 0.494 e. The van der Waals surface area contributed by atoms with E-state index >= 15 is 0 Å². The Kier molecular flexibility index (Phi) is 8.10. The van der Waals surface area contributed by atoms with Gasteiger partial charge in [-0.1, -0.05) is 78.9 Å². The van der Waals surface area contributed by atoms with E-state index in [0.717, 1.165) is 51.1 Å². The SMILES string of the molecule is c1ccc(CCCCOc2ccc(C3CCNCC3OCc3ccc4ccccc4c3)cc2)cc1. The van der Waals surface area contributed by atoms with Gasteiger partial charge in [-0.25, -0.2) is 0 Å². The molecule has 35 heavy (non-hydrogen) atoms. The third-order valence-electron chi connectivity index (χ3n) is 6.98. The predicted molar refractivity (Wildman–Crippen MR) is 144 cm³/mol. The van der Waals surface area contributed by atoms with E-state index in [1.165, 1.54) is 27.5 Å². The van der Waals surface area contributed by atoms with Crippen LogP contribution in [-0.4, -0.2) is 25.8 Å². The van der Waals surface area contributed by atoms with Gasteiger partial charge in [0.2, 0.25) is 0 Å². The summed E-state index contributed by atoms with van der Waals surface area (Å²) in [6.07, 6.45) is 4.57. The average molecular weight is 466 g/mol. The number of unbranched alkanes of at least 4 members (excludes halogenated alkanes) is 1. The Labute approximate surface area is 209 Å². The number of fused-ring (bicyclic) bond motifs is 1. The molecular formula is C32H35NO2. The Bertz CT molecular complexity index is 1190. The number of hydrogen-bond acceptors (Lipinski definition) is 3. The lowest BCUT2D eigenvalue weighted by Crippen LogP contribution is -2.40. The molecule has 4 aromatic carbocycles. The van der Waals surface area contributed by atoms with Gasteiger partial charge in [-0.3, -0.25) is 0 Å². The van der Waals surface area contributed by atoms with Gasteiger partial charge >= 0.3 is 0 Å². The number of rotatable bonds is 10. The third kappa shape index (κ3) is 6.50. The van der Waals surface area contributed by atoms with Crippen molar-refractivity contribution in [3.63, 3.8) is 0 Å². The first-order chi connectivity index (χ1) is 17.3. The minimum atomic E-state index is 0.167. The van der Waals surface area contributed by atoms with Crippen LogP contribution in [-0.2, 0) is 17.8 Å². The number of hydrogen-bond donors (Lipinski definition) is 1. The third-order valence-corrected chi connectivity index (χ3v) is 6.98. The van der Waals surface area contributed by atoms with Crippen molar-refractivity contribution in [1.82, 2.24) is 5.32 Å². The second kappa shape index (κ2) is 12.0. The van der Waals surface area contributed by atoms with Gasteiger partial charge in [0, 0.05) is 12.5 Å². The molecule has 180 valence electrons. The van der Waals surface area contributed by atoms with Crippen LogP contribution >= 0.6 is 0 Å². The lowest BCUT2D eigenvalue weighted by molar-refractivity contribution is 0.0106. The molecule has 0 bridgehead atoms. The number of ether oxygens (including phenoxy) is 2. The number of nitrogens with one attached hydrogen (secondary N) is 1. The Hall–Kier alpha value is -3.14. The van der Waals surface area contributed by atoms with E-state index in [2.05, 4.69) is 102 Å². The quantitative estimate of drug-likeness (QED) is 0.258. The van der Waals surface area contributed by atoms with Gasteiger partial charge in [0.1, 0.15) is 5.75 Å². The second-order valence-electron chi connectivity index (χ2n) is 9.49. The van der Waals surface area contributed by atoms with Crippen LogP contribution in [0.25, 0.3) is 10.8 Å². The van der Waals surface area contributed by atoms with E-state index in [4.69, 9.17) is 9.47 Å². The first kappa shape index (κ1) is 23.6. The molecule has 0 saturated carbocycles. The molecule has 5 rings (SSSR count). The van der Waals surface area contributed by atoms with Crippen molar-refractivity contribution in [3.8, 4) is 5.75 Å². The minimum absolute atomic E-state index is 0.167. The second-order valence-corrected chi connectivity index (χ2v) is 9.49. The molecule has 4 aromatic rings. The zero-order valence-corrected chi connectivity index (χ0v) is 20.4. The molecule has 2 atom stereocenters. The molecule has 1 saturated heterocycles. The van der Waals surface area contributed by atoms with E-state index in [-0.39, 0.29) is 6.10 Å². The first-order valence-corrected chi connectivity index (χ1v) is 12.9. The van der Waals surface area contributed by atoms with Crippen LogP contribution in [0.1, 0.15) is 41.9 Å². The fourth-order valence-corrected chi connectivity index (χ4v) is 5.00. The number of aryl methyl sites for hydroxylation is 1. The van der Waals surface area contributed by atoms with Crippen LogP contribution in [0.5, 0.6) is 5.75 Å². The van der Waals surface area contributed by atoms with E-state index in [9.17, 15) is 0 Å². The molecule has 0 spiro atoms. The molecule has 1 heterocycles. The monoisotopic (exact) mass is 465 g/mol. The van der Waals surface area contributed by atoms with Crippen LogP contribution < -0.4 is 10.1 Å². The van der Waals surface area contributed by atoms with Crippen molar-refractivity contribution in [2.75, 3.05) is 19.7 Å². The predicted octanol–water partition coefficient (Wildman–Crippen LogP) is 6.90. The van der Waals surface area contributed by atoms with E-state index in [0.29, 0.717) is 12.5 Å². The molecule has 1 aliphatic heterocycles. The molecule has 1 aliphatic rings. The van der Waals surface area contributed by atoms with Crippen LogP contribution in [0.4, 0.5) is 0 Å². The molecule has 3 nitrogen and oxygen atoms in total. The summed E-state index contributed by atoms with van der Waals surface area (Å²) in [7, 11) is 0. The average Bonchev–Trinajstić information content (AvgIpc) is 2.93.